The molecule has 0 aliphatic carbocycles. The molecule has 0 saturated heterocycles. The Bertz CT molecular complexity index is 649. The maximum absolute atomic E-state index is 12.9. The molecule has 0 aliphatic rings. The first-order chi connectivity index (χ1) is 10.0. The van der Waals surface area contributed by atoms with Crippen molar-refractivity contribution in [3.8, 4) is 0 Å². The second kappa shape index (κ2) is 6.49. The number of halogens is 2. The van der Waals surface area contributed by atoms with Gasteiger partial charge in [0.25, 0.3) is 5.69 Å². The molecular weight excluding hydrogens is 297 g/mol. The SMILES string of the molecule is CCC(Nc1ccc([N+](=O)[O-])c(Cl)c1)c1ccc(F)cn1. The molecule has 0 spiro atoms. The van der Waals surface area contributed by atoms with Gasteiger partial charge in [-0.15, -0.1) is 0 Å². The summed E-state index contributed by atoms with van der Waals surface area (Å²) in [5.74, 6) is -0.396. The quantitative estimate of drug-likeness (QED) is 0.658. The molecule has 0 fully saturated rings. The van der Waals surface area contributed by atoms with E-state index in [0.717, 1.165) is 6.20 Å². The number of aromatic nitrogens is 1. The zero-order valence-electron chi connectivity index (χ0n) is 11.2. The van der Waals surface area contributed by atoms with Crippen LogP contribution < -0.4 is 5.32 Å². The van der Waals surface area contributed by atoms with Crippen LogP contribution in [-0.4, -0.2) is 9.91 Å². The van der Waals surface area contributed by atoms with Crippen LogP contribution in [0.3, 0.4) is 0 Å². The fraction of sp³-hybridized carbons (Fsp3) is 0.214. The third kappa shape index (κ3) is 3.66. The largest absolute Gasteiger partial charge is 0.377 e. The van der Waals surface area contributed by atoms with Crippen molar-refractivity contribution in [1.82, 2.24) is 4.98 Å². The van der Waals surface area contributed by atoms with Crippen molar-refractivity contribution < 1.29 is 9.31 Å². The maximum Gasteiger partial charge on any atom is 0.288 e. The minimum Gasteiger partial charge on any atom is -0.377 e. The van der Waals surface area contributed by atoms with Crippen LogP contribution in [0.25, 0.3) is 0 Å². The lowest BCUT2D eigenvalue weighted by Gasteiger charge is -2.18. The van der Waals surface area contributed by atoms with Gasteiger partial charge in [-0.2, -0.15) is 0 Å². The van der Waals surface area contributed by atoms with E-state index in [1.54, 1.807) is 12.1 Å². The highest BCUT2D eigenvalue weighted by molar-refractivity contribution is 6.32. The summed E-state index contributed by atoms with van der Waals surface area (Å²) in [6, 6.07) is 7.22. The van der Waals surface area contributed by atoms with Crippen LogP contribution in [0, 0.1) is 15.9 Å². The van der Waals surface area contributed by atoms with Crippen molar-refractivity contribution in [1.29, 1.82) is 0 Å². The van der Waals surface area contributed by atoms with E-state index in [2.05, 4.69) is 10.3 Å². The molecule has 2 aromatic rings. The maximum atomic E-state index is 12.9. The van der Waals surface area contributed by atoms with Crippen LogP contribution in [-0.2, 0) is 0 Å². The van der Waals surface area contributed by atoms with Crippen molar-refractivity contribution in [2.45, 2.75) is 19.4 Å². The van der Waals surface area contributed by atoms with Gasteiger partial charge in [-0.3, -0.25) is 15.1 Å². The van der Waals surface area contributed by atoms with E-state index in [-0.39, 0.29) is 16.8 Å². The van der Waals surface area contributed by atoms with Gasteiger partial charge in [-0.05, 0) is 30.7 Å². The normalized spacial score (nSPS) is 12.0. The van der Waals surface area contributed by atoms with Crippen LogP contribution in [0.15, 0.2) is 36.5 Å². The first-order valence-electron chi connectivity index (χ1n) is 6.33. The van der Waals surface area contributed by atoms with Crippen molar-refractivity contribution in [3.63, 3.8) is 0 Å². The third-order valence-corrected chi connectivity index (χ3v) is 3.30. The van der Waals surface area contributed by atoms with E-state index in [9.17, 15) is 14.5 Å². The molecular formula is C14H13ClFN3O2. The summed E-state index contributed by atoms with van der Waals surface area (Å²) in [6.45, 7) is 1.95. The summed E-state index contributed by atoms with van der Waals surface area (Å²) >= 11 is 5.87. The Kier molecular flexibility index (Phi) is 4.70. The summed E-state index contributed by atoms with van der Waals surface area (Å²) in [7, 11) is 0. The van der Waals surface area contributed by atoms with Crippen molar-refractivity contribution >= 4 is 23.0 Å². The number of rotatable bonds is 5. The Morgan fingerprint density at radius 1 is 1.43 bits per heavy atom. The summed E-state index contributed by atoms with van der Waals surface area (Å²) in [5.41, 5.74) is 1.19. The molecule has 110 valence electrons. The van der Waals surface area contributed by atoms with Gasteiger partial charge < -0.3 is 5.32 Å². The number of pyridine rings is 1. The molecule has 0 radical (unpaired) electrons. The van der Waals surface area contributed by atoms with Gasteiger partial charge >= 0.3 is 0 Å². The minimum absolute atomic E-state index is 0.0620. The lowest BCUT2D eigenvalue weighted by Crippen LogP contribution is -2.11. The molecule has 1 aromatic carbocycles. The van der Waals surface area contributed by atoms with Gasteiger partial charge in [-0.1, -0.05) is 18.5 Å². The molecule has 5 nitrogen and oxygen atoms in total. The fourth-order valence-electron chi connectivity index (χ4n) is 1.92. The first-order valence-corrected chi connectivity index (χ1v) is 6.71. The second-order valence-electron chi connectivity index (χ2n) is 4.43. The average molecular weight is 310 g/mol. The number of nitro groups is 1. The molecule has 1 aromatic heterocycles. The van der Waals surface area contributed by atoms with Gasteiger partial charge in [0.1, 0.15) is 10.8 Å². The molecule has 21 heavy (non-hydrogen) atoms. The van der Waals surface area contributed by atoms with Crippen LogP contribution in [0.4, 0.5) is 15.8 Å². The van der Waals surface area contributed by atoms with Gasteiger partial charge in [0.05, 0.1) is 22.9 Å². The Hall–Kier alpha value is -2.21. The Balaban J connectivity index is 2.20. The smallest absolute Gasteiger partial charge is 0.288 e. The van der Waals surface area contributed by atoms with Crippen molar-refractivity contribution in [2.24, 2.45) is 0 Å². The number of nitrogens with one attached hydrogen (secondary N) is 1. The zero-order chi connectivity index (χ0) is 15.4. The lowest BCUT2D eigenvalue weighted by atomic mass is 10.1. The summed E-state index contributed by atoms with van der Waals surface area (Å²) in [4.78, 5) is 14.2. The standard InChI is InChI=1S/C14H13ClFN3O2/c1-2-12(13-5-3-9(16)8-17-13)18-10-4-6-14(19(20)21)11(15)7-10/h3-8,12,18H,2H2,1H3. The van der Waals surface area contributed by atoms with E-state index in [0.29, 0.717) is 17.8 Å². The number of nitrogens with zero attached hydrogens (tertiary/aromatic N) is 2. The average Bonchev–Trinajstić information content (AvgIpc) is 2.45. The zero-order valence-corrected chi connectivity index (χ0v) is 12.0. The molecule has 1 atom stereocenters. The van der Waals surface area contributed by atoms with Crippen LogP contribution in [0.2, 0.25) is 5.02 Å². The molecule has 7 heteroatoms. The molecule has 1 unspecified atom stereocenters. The monoisotopic (exact) mass is 309 g/mol. The van der Waals surface area contributed by atoms with E-state index in [1.807, 2.05) is 6.92 Å². The van der Waals surface area contributed by atoms with E-state index in [1.165, 1.54) is 18.2 Å². The highest BCUT2D eigenvalue weighted by Crippen LogP contribution is 2.29. The van der Waals surface area contributed by atoms with E-state index >= 15 is 0 Å². The van der Waals surface area contributed by atoms with Gasteiger partial charge in [-0.25, -0.2) is 4.39 Å². The number of hydrogen-bond acceptors (Lipinski definition) is 4. The van der Waals surface area contributed by atoms with E-state index < -0.39 is 10.7 Å². The third-order valence-electron chi connectivity index (χ3n) is 3.00. The molecule has 0 aliphatic heterocycles. The Labute approximate surface area is 125 Å². The number of nitro benzene ring substituents is 1. The molecule has 1 heterocycles. The van der Waals surface area contributed by atoms with Crippen LogP contribution in [0.5, 0.6) is 0 Å². The number of anilines is 1. The van der Waals surface area contributed by atoms with Crippen LogP contribution in [0.1, 0.15) is 25.1 Å². The second-order valence-corrected chi connectivity index (χ2v) is 4.84. The summed E-state index contributed by atoms with van der Waals surface area (Å²) in [6.07, 6.45) is 1.87. The topological polar surface area (TPSA) is 68.1 Å². The first kappa shape index (κ1) is 15.2. The Morgan fingerprint density at radius 2 is 2.19 bits per heavy atom. The molecule has 2 rings (SSSR count). The summed E-state index contributed by atoms with van der Waals surface area (Å²) in [5, 5.41) is 14.0. The molecule has 0 amide bonds. The van der Waals surface area contributed by atoms with Crippen molar-refractivity contribution in [3.05, 3.63) is 63.2 Å². The molecule has 1 N–H and O–H groups in total. The van der Waals surface area contributed by atoms with E-state index in [4.69, 9.17) is 11.6 Å². The lowest BCUT2D eigenvalue weighted by molar-refractivity contribution is -0.384. The highest BCUT2D eigenvalue weighted by atomic mass is 35.5. The molecule has 0 saturated carbocycles. The van der Waals surface area contributed by atoms with Crippen molar-refractivity contribution in [2.75, 3.05) is 5.32 Å². The number of hydrogen-bond donors (Lipinski definition) is 1. The minimum atomic E-state index is -0.537. The van der Waals surface area contributed by atoms with Gasteiger partial charge in [0.2, 0.25) is 0 Å². The predicted octanol–water partition coefficient (Wildman–Crippen LogP) is 4.35. The highest BCUT2D eigenvalue weighted by Gasteiger charge is 2.15. The summed E-state index contributed by atoms with van der Waals surface area (Å²) < 4.78 is 12.9. The number of benzene rings is 1. The van der Waals surface area contributed by atoms with Gasteiger partial charge in [0, 0.05) is 11.8 Å². The molecule has 0 bridgehead atoms. The van der Waals surface area contributed by atoms with Crippen LogP contribution >= 0.6 is 11.6 Å². The predicted molar refractivity (Wildman–Crippen MR) is 79.0 cm³/mol. The Morgan fingerprint density at radius 3 is 2.71 bits per heavy atom. The fourth-order valence-corrected chi connectivity index (χ4v) is 2.17. The van der Waals surface area contributed by atoms with Gasteiger partial charge in [0.15, 0.2) is 0 Å².